The van der Waals surface area contributed by atoms with E-state index >= 15 is 0 Å². The first-order valence-corrected chi connectivity index (χ1v) is 10.7. The molecule has 0 bridgehead atoms. The van der Waals surface area contributed by atoms with E-state index in [1.165, 1.54) is 19.3 Å². The summed E-state index contributed by atoms with van der Waals surface area (Å²) in [6.45, 7) is 2.13. The van der Waals surface area contributed by atoms with Gasteiger partial charge in [-0.2, -0.15) is 0 Å². The van der Waals surface area contributed by atoms with Crippen LogP contribution in [0.4, 0.5) is 5.69 Å². The fourth-order valence-corrected chi connectivity index (χ4v) is 3.70. The molecule has 1 aliphatic carbocycles. The summed E-state index contributed by atoms with van der Waals surface area (Å²) in [5.41, 5.74) is 7.98. The molecule has 3 rings (SSSR count). The lowest BCUT2D eigenvalue weighted by atomic mass is 9.85. The van der Waals surface area contributed by atoms with Gasteiger partial charge in [0.2, 0.25) is 0 Å². The molecule has 31 heavy (non-hydrogen) atoms. The van der Waals surface area contributed by atoms with Crippen molar-refractivity contribution in [2.75, 3.05) is 25.5 Å². The van der Waals surface area contributed by atoms with Crippen LogP contribution in [0.3, 0.4) is 0 Å². The van der Waals surface area contributed by atoms with Crippen LogP contribution in [0.25, 0.3) is 0 Å². The van der Waals surface area contributed by atoms with Crippen LogP contribution >= 0.6 is 0 Å². The van der Waals surface area contributed by atoms with Crippen LogP contribution in [-0.4, -0.2) is 48.1 Å². The lowest BCUT2D eigenvalue weighted by Gasteiger charge is -2.33. The molecule has 1 aliphatic rings. The normalized spacial score (nSPS) is 14.7. The Morgan fingerprint density at radius 2 is 2.00 bits per heavy atom. The van der Waals surface area contributed by atoms with Crippen molar-refractivity contribution in [2.24, 2.45) is 11.7 Å². The van der Waals surface area contributed by atoms with Gasteiger partial charge < -0.3 is 20.9 Å². The first-order valence-electron chi connectivity index (χ1n) is 10.7. The summed E-state index contributed by atoms with van der Waals surface area (Å²) in [4.78, 5) is 26.2. The number of nitrogens with zero attached hydrogens (tertiary/aromatic N) is 1. The van der Waals surface area contributed by atoms with E-state index in [-0.39, 0.29) is 5.91 Å². The molecule has 0 aliphatic heterocycles. The van der Waals surface area contributed by atoms with Crippen molar-refractivity contribution in [3.05, 3.63) is 59.7 Å². The molecule has 2 aromatic carbocycles. The maximum absolute atomic E-state index is 12.8. The number of para-hydroxylation sites is 1. The first-order chi connectivity index (χ1) is 15.0. The van der Waals surface area contributed by atoms with E-state index in [0.717, 1.165) is 17.8 Å². The Kier molecular flexibility index (Phi) is 8.03. The number of carbonyl (C=O) groups excluding carboxylic acids is 1. The van der Waals surface area contributed by atoms with Crippen LogP contribution in [0.2, 0.25) is 0 Å². The second-order valence-electron chi connectivity index (χ2n) is 8.11. The number of carboxylic acids is 1. The molecular weight excluding hydrogens is 394 g/mol. The molecule has 0 unspecified atom stereocenters. The Morgan fingerprint density at radius 1 is 1.23 bits per heavy atom. The molecule has 0 heterocycles. The molecule has 1 saturated carbocycles. The zero-order chi connectivity index (χ0) is 22.2. The maximum Gasteiger partial charge on any atom is 0.320 e. The summed E-state index contributed by atoms with van der Waals surface area (Å²) in [5.74, 6) is 0.0845. The zero-order valence-corrected chi connectivity index (χ0v) is 17.9. The number of nitrogens with one attached hydrogen (secondary N) is 1. The number of hydrogen-bond donors (Lipinski definition) is 3. The SMILES string of the molecule is COc1cccc(C(=O)Nc2ccccc2CN(CC[C@H](N)C(=O)O)CC2CCC2)c1. The average molecular weight is 426 g/mol. The van der Waals surface area contributed by atoms with Crippen LogP contribution in [-0.2, 0) is 11.3 Å². The molecule has 0 saturated heterocycles. The average Bonchev–Trinajstić information content (AvgIpc) is 2.75. The second kappa shape index (κ2) is 10.9. The third-order valence-corrected chi connectivity index (χ3v) is 5.81. The van der Waals surface area contributed by atoms with Crippen molar-refractivity contribution in [2.45, 2.75) is 38.3 Å². The topological polar surface area (TPSA) is 105 Å². The zero-order valence-electron chi connectivity index (χ0n) is 17.9. The smallest absolute Gasteiger partial charge is 0.320 e. The van der Waals surface area contributed by atoms with Crippen molar-refractivity contribution in [3.8, 4) is 5.75 Å². The molecule has 0 spiro atoms. The monoisotopic (exact) mass is 425 g/mol. The van der Waals surface area contributed by atoms with E-state index in [9.17, 15) is 9.59 Å². The van der Waals surface area contributed by atoms with E-state index < -0.39 is 12.0 Å². The Labute approximate surface area is 183 Å². The molecule has 7 heteroatoms. The van der Waals surface area contributed by atoms with Gasteiger partial charge in [0.25, 0.3) is 5.91 Å². The summed E-state index contributed by atoms with van der Waals surface area (Å²) in [7, 11) is 1.57. The predicted molar refractivity (Wildman–Crippen MR) is 120 cm³/mol. The van der Waals surface area contributed by atoms with Crippen molar-refractivity contribution in [1.82, 2.24) is 4.90 Å². The quantitative estimate of drug-likeness (QED) is 0.510. The Morgan fingerprint density at radius 3 is 2.68 bits per heavy atom. The van der Waals surface area contributed by atoms with Crippen LogP contribution in [0, 0.1) is 5.92 Å². The third-order valence-electron chi connectivity index (χ3n) is 5.81. The molecule has 1 atom stereocenters. The standard InChI is InChI=1S/C24H31N3O4/c1-31-20-10-5-9-18(14-20)23(28)26-22-11-3-2-8-19(22)16-27(15-17-6-4-7-17)13-12-21(25)24(29)30/h2-3,5,8-11,14,17,21H,4,6-7,12-13,15-16,25H2,1H3,(H,26,28)(H,29,30)/t21-/m0/s1. The minimum atomic E-state index is -0.977. The number of hydrogen-bond acceptors (Lipinski definition) is 5. The number of carboxylic acid groups (broad SMARTS) is 1. The molecule has 2 aromatic rings. The van der Waals surface area contributed by atoms with Gasteiger partial charge in [-0.05, 0) is 55.0 Å². The van der Waals surface area contributed by atoms with Crippen molar-refractivity contribution in [3.63, 3.8) is 0 Å². The van der Waals surface area contributed by atoms with Gasteiger partial charge in [-0.15, -0.1) is 0 Å². The fourth-order valence-electron chi connectivity index (χ4n) is 3.70. The van der Waals surface area contributed by atoms with E-state index in [4.69, 9.17) is 15.6 Å². The minimum Gasteiger partial charge on any atom is -0.497 e. The van der Waals surface area contributed by atoms with Crippen LogP contribution in [0.15, 0.2) is 48.5 Å². The molecule has 166 valence electrons. The van der Waals surface area contributed by atoms with Crippen molar-refractivity contribution < 1.29 is 19.4 Å². The van der Waals surface area contributed by atoms with Gasteiger partial charge in [0.15, 0.2) is 0 Å². The summed E-state index contributed by atoms with van der Waals surface area (Å²) in [6.07, 6.45) is 4.05. The maximum atomic E-state index is 12.8. The van der Waals surface area contributed by atoms with Gasteiger partial charge >= 0.3 is 5.97 Å². The fraction of sp³-hybridized carbons (Fsp3) is 0.417. The lowest BCUT2D eigenvalue weighted by Crippen LogP contribution is -2.38. The highest BCUT2D eigenvalue weighted by Crippen LogP contribution is 2.28. The van der Waals surface area contributed by atoms with Crippen LogP contribution < -0.4 is 15.8 Å². The molecule has 4 N–H and O–H groups in total. The van der Waals surface area contributed by atoms with Gasteiger partial charge in [-0.25, -0.2) is 0 Å². The number of aliphatic carboxylic acids is 1. The summed E-state index contributed by atoms with van der Waals surface area (Å²) >= 11 is 0. The Hall–Kier alpha value is -2.90. The predicted octanol–water partition coefficient (Wildman–Crippen LogP) is 3.35. The minimum absolute atomic E-state index is 0.204. The lowest BCUT2D eigenvalue weighted by molar-refractivity contribution is -0.138. The van der Waals surface area contributed by atoms with Gasteiger partial charge in [0, 0.05) is 30.9 Å². The van der Waals surface area contributed by atoms with Gasteiger partial charge in [0.05, 0.1) is 7.11 Å². The first kappa shape index (κ1) is 22.8. The summed E-state index contributed by atoms with van der Waals surface area (Å²) < 4.78 is 5.21. The van der Waals surface area contributed by atoms with E-state index in [1.807, 2.05) is 24.3 Å². The highest BCUT2D eigenvalue weighted by molar-refractivity contribution is 6.04. The van der Waals surface area contributed by atoms with Crippen molar-refractivity contribution >= 4 is 17.6 Å². The van der Waals surface area contributed by atoms with Crippen LogP contribution in [0.5, 0.6) is 5.75 Å². The van der Waals surface area contributed by atoms with E-state index in [2.05, 4.69) is 10.2 Å². The number of anilines is 1. The van der Waals surface area contributed by atoms with Crippen LogP contribution in [0.1, 0.15) is 41.6 Å². The second-order valence-corrected chi connectivity index (χ2v) is 8.11. The number of benzene rings is 2. The van der Waals surface area contributed by atoms with Crippen molar-refractivity contribution in [1.29, 1.82) is 0 Å². The number of methoxy groups -OCH3 is 1. The molecule has 0 aromatic heterocycles. The number of rotatable bonds is 11. The summed E-state index contributed by atoms with van der Waals surface area (Å²) in [6, 6.07) is 13.9. The highest BCUT2D eigenvalue weighted by Gasteiger charge is 2.23. The third kappa shape index (κ3) is 6.54. The molecule has 1 amide bonds. The number of carbonyl (C=O) groups is 2. The number of nitrogens with two attached hydrogens (primary N) is 1. The van der Waals surface area contributed by atoms with E-state index in [0.29, 0.717) is 36.7 Å². The molecule has 1 fully saturated rings. The largest absolute Gasteiger partial charge is 0.497 e. The number of ether oxygens (including phenoxy) is 1. The highest BCUT2D eigenvalue weighted by atomic mass is 16.5. The molecule has 0 radical (unpaired) electrons. The number of amides is 1. The summed E-state index contributed by atoms with van der Waals surface area (Å²) in [5, 5.41) is 12.1. The van der Waals surface area contributed by atoms with Gasteiger partial charge in [-0.3, -0.25) is 14.5 Å². The van der Waals surface area contributed by atoms with Gasteiger partial charge in [0.1, 0.15) is 11.8 Å². The Balaban J connectivity index is 1.71. The Bertz CT molecular complexity index is 898. The molecular formula is C24H31N3O4. The van der Waals surface area contributed by atoms with Gasteiger partial charge in [-0.1, -0.05) is 30.7 Å². The molecule has 7 nitrogen and oxygen atoms in total. The van der Waals surface area contributed by atoms with E-state index in [1.54, 1.807) is 31.4 Å².